The highest BCUT2D eigenvalue weighted by atomic mass is 16.5. The quantitative estimate of drug-likeness (QED) is 0.759. The summed E-state index contributed by atoms with van der Waals surface area (Å²) in [6.07, 6.45) is 0. The molecule has 0 bridgehead atoms. The summed E-state index contributed by atoms with van der Waals surface area (Å²) in [5.41, 5.74) is 1.57. The van der Waals surface area contributed by atoms with Gasteiger partial charge in [-0.15, -0.1) is 0 Å². The van der Waals surface area contributed by atoms with Crippen molar-refractivity contribution in [3.8, 4) is 5.75 Å². The standard InChI is InChI=1S/C10H10N2O3/c1-12-9-3-2-7(14)4-8(9)11-10(12)5-15-6-13/h2-4,6,14H,5H2,1H3. The van der Waals surface area contributed by atoms with Gasteiger partial charge < -0.3 is 14.4 Å². The molecule has 1 aromatic carbocycles. The summed E-state index contributed by atoms with van der Waals surface area (Å²) in [5.74, 6) is 0.811. The second-order valence-corrected chi connectivity index (χ2v) is 3.17. The number of rotatable bonds is 3. The molecule has 0 fully saturated rings. The van der Waals surface area contributed by atoms with E-state index in [1.807, 2.05) is 11.6 Å². The Labute approximate surface area is 85.9 Å². The predicted molar refractivity (Wildman–Crippen MR) is 53.2 cm³/mol. The third kappa shape index (κ3) is 1.63. The minimum atomic E-state index is 0.134. The van der Waals surface area contributed by atoms with Gasteiger partial charge in [-0.2, -0.15) is 0 Å². The van der Waals surface area contributed by atoms with Crippen LogP contribution < -0.4 is 0 Å². The van der Waals surface area contributed by atoms with E-state index in [-0.39, 0.29) is 12.4 Å². The molecule has 1 N–H and O–H groups in total. The number of carbonyl (C=O) groups excluding carboxylic acids is 1. The van der Waals surface area contributed by atoms with Crippen molar-refractivity contribution >= 4 is 17.5 Å². The molecule has 0 saturated heterocycles. The van der Waals surface area contributed by atoms with Crippen molar-refractivity contribution in [2.24, 2.45) is 7.05 Å². The number of benzene rings is 1. The van der Waals surface area contributed by atoms with E-state index in [0.717, 1.165) is 5.52 Å². The minimum absolute atomic E-state index is 0.134. The van der Waals surface area contributed by atoms with Crippen LogP contribution in [-0.2, 0) is 23.2 Å². The zero-order chi connectivity index (χ0) is 10.8. The van der Waals surface area contributed by atoms with Crippen molar-refractivity contribution in [1.29, 1.82) is 0 Å². The summed E-state index contributed by atoms with van der Waals surface area (Å²) in [6.45, 7) is 0.520. The molecule has 0 unspecified atom stereocenters. The van der Waals surface area contributed by atoms with Crippen LogP contribution in [-0.4, -0.2) is 21.1 Å². The molecule has 1 heterocycles. The van der Waals surface area contributed by atoms with E-state index >= 15 is 0 Å². The van der Waals surface area contributed by atoms with Gasteiger partial charge in [-0.25, -0.2) is 4.98 Å². The number of hydrogen-bond acceptors (Lipinski definition) is 4. The van der Waals surface area contributed by atoms with Gasteiger partial charge in [-0.05, 0) is 12.1 Å². The van der Waals surface area contributed by atoms with Gasteiger partial charge in [0.25, 0.3) is 6.47 Å². The van der Waals surface area contributed by atoms with Crippen LogP contribution in [0.5, 0.6) is 5.75 Å². The number of fused-ring (bicyclic) bond motifs is 1. The van der Waals surface area contributed by atoms with Crippen LogP contribution in [0.15, 0.2) is 18.2 Å². The van der Waals surface area contributed by atoms with Crippen molar-refractivity contribution in [3.63, 3.8) is 0 Å². The molecule has 0 atom stereocenters. The molecule has 0 radical (unpaired) electrons. The molecule has 0 aliphatic carbocycles. The van der Waals surface area contributed by atoms with Crippen LogP contribution >= 0.6 is 0 Å². The number of hydrogen-bond donors (Lipinski definition) is 1. The summed E-state index contributed by atoms with van der Waals surface area (Å²) in [4.78, 5) is 14.3. The fraction of sp³-hybridized carbons (Fsp3) is 0.200. The maximum absolute atomic E-state index is 10.1. The maximum atomic E-state index is 10.1. The molecule has 78 valence electrons. The van der Waals surface area contributed by atoms with Crippen molar-refractivity contribution < 1.29 is 14.6 Å². The van der Waals surface area contributed by atoms with Gasteiger partial charge in [-0.3, -0.25) is 4.79 Å². The molecule has 0 spiro atoms. The molecule has 0 aliphatic heterocycles. The second kappa shape index (κ2) is 3.61. The number of phenols is 1. The Hall–Kier alpha value is -2.04. The number of aryl methyl sites for hydroxylation is 1. The summed E-state index contributed by atoms with van der Waals surface area (Å²) in [5, 5.41) is 9.27. The number of phenolic OH excluding ortho intramolecular Hbond substituents is 1. The molecule has 5 nitrogen and oxygen atoms in total. The Bertz CT molecular complexity index is 505. The molecule has 0 aliphatic rings. The van der Waals surface area contributed by atoms with Crippen molar-refractivity contribution in [3.05, 3.63) is 24.0 Å². The second-order valence-electron chi connectivity index (χ2n) is 3.17. The number of imidazole rings is 1. The zero-order valence-electron chi connectivity index (χ0n) is 8.17. The highest BCUT2D eigenvalue weighted by Gasteiger charge is 2.07. The van der Waals surface area contributed by atoms with Crippen LogP contribution in [0.1, 0.15) is 5.82 Å². The highest BCUT2D eigenvalue weighted by molar-refractivity contribution is 5.77. The van der Waals surface area contributed by atoms with Gasteiger partial charge in [0.2, 0.25) is 0 Å². The van der Waals surface area contributed by atoms with Crippen molar-refractivity contribution in [1.82, 2.24) is 9.55 Å². The van der Waals surface area contributed by atoms with E-state index < -0.39 is 0 Å². The lowest BCUT2D eigenvalue weighted by atomic mass is 10.3. The molecular weight excluding hydrogens is 196 g/mol. The largest absolute Gasteiger partial charge is 0.508 e. The third-order valence-electron chi connectivity index (χ3n) is 2.24. The van der Waals surface area contributed by atoms with Gasteiger partial charge >= 0.3 is 0 Å². The minimum Gasteiger partial charge on any atom is -0.508 e. The summed E-state index contributed by atoms with van der Waals surface area (Å²) in [7, 11) is 1.83. The average molecular weight is 206 g/mol. The van der Waals surface area contributed by atoms with E-state index in [2.05, 4.69) is 9.72 Å². The first kappa shape index (κ1) is 9.51. The Morgan fingerprint density at radius 2 is 2.40 bits per heavy atom. The molecule has 0 saturated carbocycles. The topological polar surface area (TPSA) is 64.4 Å². The Kier molecular flexibility index (Phi) is 2.29. The van der Waals surface area contributed by atoms with Crippen LogP contribution in [0.4, 0.5) is 0 Å². The van der Waals surface area contributed by atoms with Crippen LogP contribution in [0.2, 0.25) is 0 Å². The Morgan fingerprint density at radius 1 is 1.60 bits per heavy atom. The van der Waals surface area contributed by atoms with E-state index in [4.69, 9.17) is 0 Å². The van der Waals surface area contributed by atoms with Gasteiger partial charge in [-0.1, -0.05) is 0 Å². The summed E-state index contributed by atoms with van der Waals surface area (Å²) < 4.78 is 6.45. The average Bonchev–Trinajstić information content (AvgIpc) is 2.52. The lowest BCUT2D eigenvalue weighted by Gasteiger charge is -1.99. The SMILES string of the molecule is Cn1c(COC=O)nc2cc(O)ccc21. The first-order chi connectivity index (χ1) is 7.22. The molecule has 0 amide bonds. The fourth-order valence-corrected chi connectivity index (χ4v) is 1.48. The van der Waals surface area contributed by atoms with E-state index in [1.165, 1.54) is 0 Å². The van der Waals surface area contributed by atoms with Crippen LogP contribution in [0.25, 0.3) is 11.0 Å². The molecule has 5 heteroatoms. The lowest BCUT2D eigenvalue weighted by Crippen LogP contribution is -1.99. The van der Waals surface area contributed by atoms with Gasteiger partial charge in [0.1, 0.15) is 18.2 Å². The van der Waals surface area contributed by atoms with Gasteiger partial charge in [0, 0.05) is 13.1 Å². The van der Waals surface area contributed by atoms with Crippen LogP contribution in [0, 0.1) is 0 Å². The third-order valence-corrected chi connectivity index (χ3v) is 2.24. The van der Waals surface area contributed by atoms with Gasteiger partial charge in [0.15, 0.2) is 0 Å². The predicted octanol–water partition coefficient (Wildman–Crippen LogP) is 0.952. The molecule has 2 aromatic rings. The molecule has 15 heavy (non-hydrogen) atoms. The molecular formula is C10H10N2O3. The molecule has 2 rings (SSSR count). The van der Waals surface area contributed by atoms with Crippen molar-refractivity contribution in [2.45, 2.75) is 6.61 Å². The first-order valence-electron chi connectivity index (χ1n) is 4.42. The van der Waals surface area contributed by atoms with Crippen molar-refractivity contribution in [2.75, 3.05) is 0 Å². The highest BCUT2D eigenvalue weighted by Crippen LogP contribution is 2.20. The number of ether oxygens (including phenoxy) is 1. The zero-order valence-corrected chi connectivity index (χ0v) is 8.17. The van der Waals surface area contributed by atoms with E-state index in [9.17, 15) is 9.90 Å². The number of aromatic nitrogens is 2. The number of aromatic hydroxyl groups is 1. The summed E-state index contributed by atoms with van der Waals surface area (Å²) in [6, 6.07) is 4.93. The monoisotopic (exact) mass is 206 g/mol. The Morgan fingerprint density at radius 3 is 3.13 bits per heavy atom. The number of carbonyl (C=O) groups is 1. The van der Waals surface area contributed by atoms with E-state index in [0.29, 0.717) is 17.8 Å². The smallest absolute Gasteiger partial charge is 0.293 e. The number of nitrogens with zero attached hydrogens (tertiary/aromatic N) is 2. The van der Waals surface area contributed by atoms with Crippen LogP contribution in [0.3, 0.4) is 0 Å². The summed E-state index contributed by atoms with van der Waals surface area (Å²) >= 11 is 0. The Balaban J connectivity index is 2.48. The molecule has 1 aromatic heterocycles. The lowest BCUT2D eigenvalue weighted by molar-refractivity contribution is -0.130. The first-order valence-corrected chi connectivity index (χ1v) is 4.42. The van der Waals surface area contributed by atoms with E-state index in [1.54, 1.807) is 18.2 Å². The normalized spacial score (nSPS) is 10.5. The van der Waals surface area contributed by atoms with Gasteiger partial charge in [0.05, 0.1) is 11.0 Å². The fourth-order valence-electron chi connectivity index (χ4n) is 1.48. The maximum Gasteiger partial charge on any atom is 0.293 e.